The summed E-state index contributed by atoms with van der Waals surface area (Å²) in [6.07, 6.45) is 0. The van der Waals surface area contributed by atoms with Crippen LogP contribution < -0.4 is 0 Å². The highest BCUT2D eigenvalue weighted by molar-refractivity contribution is 7.12. The van der Waals surface area contributed by atoms with E-state index in [2.05, 4.69) is 26.8 Å². The zero-order valence-electron chi connectivity index (χ0n) is 11.0. The molecule has 0 N–H and O–H groups in total. The lowest BCUT2D eigenvalue weighted by Crippen LogP contribution is -2.07. The van der Waals surface area contributed by atoms with E-state index in [1.165, 1.54) is 17.0 Å². The minimum atomic E-state index is -0.348. The van der Waals surface area contributed by atoms with Gasteiger partial charge in [0, 0.05) is 14.8 Å². The van der Waals surface area contributed by atoms with Crippen molar-refractivity contribution in [1.29, 1.82) is 0 Å². The van der Waals surface area contributed by atoms with E-state index in [9.17, 15) is 4.39 Å². The highest BCUT2D eigenvalue weighted by atomic mass is 35.5. The lowest BCUT2D eigenvalue weighted by molar-refractivity contribution is 0.604. The molecule has 0 radical (unpaired) electrons. The maximum absolute atomic E-state index is 13.0. The molecule has 0 aliphatic carbocycles. The van der Waals surface area contributed by atoms with Gasteiger partial charge in [0.15, 0.2) is 0 Å². The van der Waals surface area contributed by atoms with Gasteiger partial charge in [-0.1, -0.05) is 38.4 Å². The SMILES string of the molecule is CC(C)(C)c1ccc(C(Cl)c2ccc(F)cc2Cl)s1. The lowest BCUT2D eigenvalue weighted by atomic mass is 9.95. The van der Waals surface area contributed by atoms with Gasteiger partial charge >= 0.3 is 0 Å². The van der Waals surface area contributed by atoms with Crippen LogP contribution in [0.5, 0.6) is 0 Å². The van der Waals surface area contributed by atoms with Crippen molar-refractivity contribution in [3.8, 4) is 0 Å². The normalized spacial score (nSPS) is 13.6. The van der Waals surface area contributed by atoms with E-state index in [-0.39, 0.29) is 16.6 Å². The molecule has 1 aromatic heterocycles. The first kappa shape index (κ1) is 14.8. The topological polar surface area (TPSA) is 0 Å². The van der Waals surface area contributed by atoms with Crippen LogP contribution in [-0.2, 0) is 5.41 Å². The second-order valence-electron chi connectivity index (χ2n) is 5.48. The predicted molar refractivity (Wildman–Crippen MR) is 82.1 cm³/mol. The third-order valence-corrected chi connectivity index (χ3v) is 5.35. The van der Waals surface area contributed by atoms with E-state index in [0.717, 1.165) is 10.4 Å². The average molecular weight is 317 g/mol. The van der Waals surface area contributed by atoms with Crippen molar-refractivity contribution in [2.75, 3.05) is 0 Å². The minimum absolute atomic E-state index is 0.103. The van der Waals surface area contributed by atoms with Crippen LogP contribution in [-0.4, -0.2) is 0 Å². The Kier molecular flexibility index (Phi) is 4.24. The molecule has 0 aliphatic rings. The first-order valence-corrected chi connectivity index (χ1v) is 7.61. The Bertz CT molecular complexity index is 584. The second-order valence-corrected chi connectivity index (χ2v) is 7.44. The van der Waals surface area contributed by atoms with Gasteiger partial charge in [-0.15, -0.1) is 22.9 Å². The summed E-state index contributed by atoms with van der Waals surface area (Å²) in [5.41, 5.74) is 0.846. The Morgan fingerprint density at radius 3 is 2.37 bits per heavy atom. The van der Waals surface area contributed by atoms with Crippen LogP contribution in [0.4, 0.5) is 4.39 Å². The smallest absolute Gasteiger partial charge is 0.124 e. The van der Waals surface area contributed by atoms with E-state index in [1.807, 2.05) is 6.07 Å². The summed E-state index contributed by atoms with van der Waals surface area (Å²) in [5.74, 6) is -0.348. The fourth-order valence-corrected chi connectivity index (χ4v) is 3.54. The first-order valence-electron chi connectivity index (χ1n) is 5.98. The van der Waals surface area contributed by atoms with Gasteiger partial charge in [0.1, 0.15) is 5.82 Å². The molecule has 0 fully saturated rings. The summed E-state index contributed by atoms with van der Waals surface area (Å²) in [4.78, 5) is 2.30. The minimum Gasteiger partial charge on any atom is -0.207 e. The number of benzene rings is 1. The summed E-state index contributed by atoms with van der Waals surface area (Å²) in [7, 11) is 0. The van der Waals surface area contributed by atoms with Crippen LogP contribution in [0, 0.1) is 5.82 Å². The summed E-state index contributed by atoms with van der Waals surface area (Å²) in [5, 5.41) is 0.0277. The van der Waals surface area contributed by atoms with Gasteiger partial charge in [-0.3, -0.25) is 0 Å². The van der Waals surface area contributed by atoms with Gasteiger partial charge in [-0.25, -0.2) is 4.39 Å². The van der Waals surface area contributed by atoms with Crippen molar-refractivity contribution < 1.29 is 4.39 Å². The molecule has 4 heteroatoms. The van der Waals surface area contributed by atoms with Crippen molar-refractivity contribution in [1.82, 2.24) is 0 Å². The van der Waals surface area contributed by atoms with Crippen molar-refractivity contribution in [3.63, 3.8) is 0 Å². The Labute approximate surface area is 127 Å². The fraction of sp³-hybridized carbons (Fsp3) is 0.333. The van der Waals surface area contributed by atoms with Crippen LogP contribution in [0.15, 0.2) is 30.3 Å². The van der Waals surface area contributed by atoms with Crippen molar-refractivity contribution in [2.24, 2.45) is 0 Å². The number of halogens is 3. The van der Waals surface area contributed by atoms with Crippen LogP contribution in [0.1, 0.15) is 41.5 Å². The Hall–Kier alpha value is -0.570. The largest absolute Gasteiger partial charge is 0.207 e. The van der Waals surface area contributed by atoms with Crippen molar-refractivity contribution in [3.05, 3.63) is 56.5 Å². The van der Waals surface area contributed by atoms with Gasteiger partial charge < -0.3 is 0 Å². The number of thiophene rings is 1. The molecular formula is C15H15Cl2FS. The van der Waals surface area contributed by atoms with Crippen LogP contribution in [0.3, 0.4) is 0 Å². The molecule has 0 nitrogen and oxygen atoms in total. The number of alkyl halides is 1. The van der Waals surface area contributed by atoms with E-state index in [4.69, 9.17) is 23.2 Å². The molecule has 1 unspecified atom stereocenters. The van der Waals surface area contributed by atoms with E-state index in [0.29, 0.717) is 5.02 Å². The molecule has 102 valence electrons. The average Bonchev–Trinajstić information content (AvgIpc) is 2.76. The zero-order valence-corrected chi connectivity index (χ0v) is 13.3. The molecule has 0 bridgehead atoms. The van der Waals surface area contributed by atoms with Crippen LogP contribution in [0.2, 0.25) is 5.02 Å². The molecule has 19 heavy (non-hydrogen) atoms. The van der Waals surface area contributed by atoms with Crippen LogP contribution >= 0.6 is 34.5 Å². The summed E-state index contributed by atoms with van der Waals surface area (Å²) < 4.78 is 13.0. The van der Waals surface area contributed by atoms with E-state index >= 15 is 0 Å². The molecule has 2 rings (SSSR count). The molecule has 0 saturated heterocycles. The third-order valence-electron chi connectivity index (χ3n) is 2.85. The van der Waals surface area contributed by atoms with Gasteiger partial charge in [0.2, 0.25) is 0 Å². The van der Waals surface area contributed by atoms with Gasteiger partial charge in [0.05, 0.1) is 5.38 Å². The molecule has 0 spiro atoms. The zero-order chi connectivity index (χ0) is 14.2. The monoisotopic (exact) mass is 316 g/mol. The highest BCUT2D eigenvalue weighted by Crippen LogP contribution is 2.39. The lowest BCUT2D eigenvalue weighted by Gasteiger charge is -2.16. The van der Waals surface area contributed by atoms with Gasteiger partial charge in [0.25, 0.3) is 0 Å². The maximum atomic E-state index is 13.0. The fourth-order valence-electron chi connectivity index (χ4n) is 1.75. The molecular weight excluding hydrogens is 302 g/mol. The number of rotatable bonds is 2. The Morgan fingerprint density at radius 2 is 1.84 bits per heavy atom. The first-order chi connectivity index (χ1) is 8.79. The Balaban J connectivity index is 2.34. The van der Waals surface area contributed by atoms with Crippen molar-refractivity contribution in [2.45, 2.75) is 31.6 Å². The van der Waals surface area contributed by atoms with Crippen LogP contribution in [0.25, 0.3) is 0 Å². The number of hydrogen-bond acceptors (Lipinski definition) is 1. The molecule has 0 aliphatic heterocycles. The summed E-state index contributed by atoms with van der Waals surface area (Å²) >= 11 is 14.2. The van der Waals surface area contributed by atoms with E-state index < -0.39 is 0 Å². The summed E-state index contributed by atoms with van der Waals surface area (Å²) in [6, 6.07) is 8.43. The molecule has 1 aromatic carbocycles. The second kappa shape index (κ2) is 5.43. The van der Waals surface area contributed by atoms with E-state index in [1.54, 1.807) is 17.4 Å². The molecule has 1 heterocycles. The molecule has 0 saturated carbocycles. The van der Waals surface area contributed by atoms with Crippen molar-refractivity contribution >= 4 is 34.5 Å². The number of hydrogen-bond donors (Lipinski definition) is 0. The van der Waals surface area contributed by atoms with Gasteiger partial charge in [-0.05, 0) is 35.2 Å². The predicted octanol–water partition coefficient (Wildman–Crippen LogP) is 6.17. The standard InChI is InChI=1S/C15H15Cl2FS/c1-15(2,3)13-7-6-12(19-13)14(17)10-5-4-9(18)8-11(10)16/h4-8,14H,1-3H3. The van der Waals surface area contributed by atoms with Gasteiger partial charge in [-0.2, -0.15) is 0 Å². The highest BCUT2D eigenvalue weighted by Gasteiger charge is 2.21. The maximum Gasteiger partial charge on any atom is 0.124 e. The molecule has 2 aromatic rings. The third kappa shape index (κ3) is 3.31. The molecule has 0 amide bonds. The Morgan fingerprint density at radius 1 is 1.16 bits per heavy atom. The quantitative estimate of drug-likeness (QED) is 0.581. The molecule has 1 atom stereocenters. The summed E-state index contributed by atoms with van der Waals surface area (Å²) in [6.45, 7) is 6.49.